The number of hydrogen-bond acceptors (Lipinski definition) is 0. The summed E-state index contributed by atoms with van der Waals surface area (Å²) >= 11 is 0. The monoisotopic (exact) mass is 160 g/mol. The lowest BCUT2D eigenvalue weighted by Crippen LogP contribution is -2.02. The van der Waals surface area contributed by atoms with Gasteiger partial charge in [-0.1, -0.05) is 6.08 Å². The molecule has 0 saturated carbocycles. The summed E-state index contributed by atoms with van der Waals surface area (Å²) in [5.74, 6) is -4.25. The molecule has 0 heterocycles. The maximum absolute atomic E-state index is 12.6. The van der Waals surface area contributed by atoms with Crippen LogP contribution >= 0.6 is 0 Å². The summed E-state index contributed by atoms with van der Waals surface area (Å²) in [4.78, 5) is 0. The molecule has 3 heteroatoms. The SMILES string of the molecule is C=CC1CC=C(F)C(F)=C1F. The summed E-state index contributed by atoms with van der Waals surface area (Å²) in [5.41, 5.74) is 0. The minimum Gasteiger partial charge on any atom is -0.208 e. The topological polar surface area (TPSA) is 0 Å². The molecular formula is C8H7F3. The molecule has 1 atom stereocenters. The normalized spacial score (nSPS) is 25.0. The third-order valence-electron chi connectivity index (χ3n) is 1.58. The first-order chi connectivity index (χ1) is 5.16. The second kappa shape index (κ2) is 2.95. The highest BCUT2D eigenvalue weighted by molar-refractivity contribution is 5.29. The van der Waals surface area contributed by atoms with Crippen LogP contribution in [0.2, 0.25) is 0 Å². The molecule has 0 fully saturated rings. The van der Waals surface area contributed by atoms with Crippen molar-refractivity contribution in [1.82, 2.24) is 0 Å². The predicted molar refractivity (Wildman–Crippen MR) is 36.7 cm³/mol. The van der Waals surface area contributed by atoms with Crippen LogP contribution in [0.25, 0.3) is 0 Å². The third-order valence-corrected chi connectivity index (χ3v) is 1.58. The van der Waals surface area contributed by atoms with Gasteiger partial charge in [-0.15, -0.1) is 6.58 Å². The minimum atomic E-state index is -1.39. The van der Waals surface area contributed by atoms with Gasteiger partial charge in [-0.3, -0.25) is 0 Å². The molecule has 1 rings (SSSR count). The molecule has 0 bridgehead atoms. The van der Waals surface area contributed by atoms with Crippen molar-refractivity contribution in [3.05, 3.63) is 36.2 Å². The molecule has 0 N–H and O–H groups in total. The smallest absolute Gasteiger partial charge is 0.190 e. The lowest BCUT2D eigenvalue weighted by molar-refractivity contribution is 0.428. The quantitative estimate of drug-likeness (QED) is 0.517. The van der Waals surface area contributed by atoms with Crippen molar-refractivity contribution in [1.29, 1.82) is 0 Å². The van der Waals surface area contributed by atoms with Gasteiger partial charge in [-0.25, -0.2) is 13.2 Å². The van der Waals surface area contributed by atoms with Gasteiger partial charge in [0.1, 0.15) is 5.83 Å². The average molecular weight is 160 g/mol. The molecule has 0 spiro atoms. The molecule has 1 unspecified atom stereocenters. The van der Waals surface area contributed by atoms with Crippen LogP contribution in [0.15, 0.2) is 36.2 Å². The Kier molecular flexibility index (Phi) is 2.17. The van der Waals surface area contributed by atoms with Crippen molar-refractivity contribution < 1.29 is 13.2 Å². The molecule has 1 aliphatic carbocycles. The largest absolute Gasteiger partial charge is 0.208 e. The number of allylic oxidation sites excluding steroid dienone is 5. The molecule has 0 aliphatic heterocycles. The Morgan fingerprint density at radius 2 is 2.09 bits per heavy atom. The van der Waals surface area contributed by atoms with Crippen LogP contribution in [0.1, 0.15) is 6.42 Å². The Labute approximate surface area is 62.7 Å². The van der Waals surface area contributed by atoms with Crippen LogP contribution in [-0.2, 0) is 0 Å². The molecule has 0 aromatic heterocycles. The summed E-state index contributed by atoms with van der Waals surface area (Å²) in [6.07, 6.45) is 2.43. The average Bonchev–Trinajstić information content (AvgIpc) is 2.01. The van der Waals surface area contributed by atoms with Gasteiger partial charge in [-0.05, 0) is 12.5 Å². The van der Waals surface area contributed by atoms with Crippen molar-refractivity contribution in [2.45, 2.75) is 6.42 Å². The van der Waals surface area contributed by atoms with E-state index < -0.39 is 23.4 Å². The Bertz CT molecular complexity index is 238. The van der Waals surface area contributed by atoms with E-state index >= 15 is 0 Å². The van der Waals surface area contributed by atoms with E-state index in [0.29, 0.717) is 0 Å². The molecule has 0 amide bonds. The van der Waals surface area contributed by atoms with Gasteiger partial charge in [0.05, 0.1) is 0 Å². The van der Waals surface area contributed by atoms with E-state index in [2.05, 4.69) is 6.58 Å². The second-order valence-corrected chi connectivity index (χ2v) is 2.29. The molecule has 0 nitrogen and oxygen atoms in total. The van der Waals surface area contributed by atoms with Crippen LogP contribution in [0.5, 0.6) is 0 Å². The highest BCUT2D eigenvalue weighted by atomic mass is 19.2. The van der Waals surface area contributed by atoms with E-state index in [1.54, 1.807) is 0 Å². The fourth-order valence-corrected chi connectivity index (χ4v) is 0.900. The standard InChI is InChI=1S/C8H7F3/c1-2-5-3-4-6(9)8(11)7(5)10/h2,4-5H,1,3H2. The van der Waals surface area contributed by atoms with E-state index in [-0.39, 0.29) is 6.42 Å². The van der Waals surface area contributed by atoms with Crippen LogP contribution in [-0.4, -0.2) is 0 Å². The molecule has 1 aliphatic rings. The fourth-order valence-electron chi connectivity index (χ4n) is 0.900. The first-order valence-electron chi connectivity index (χ1n) is 3.20. The predicted octanol–water partition coefficient (Wildman–Crippen LogP) is 3.20. The fraction of sp³-hybridized carbons (Fsp3) is 0.250. The van der Waals surface area contributed by atoms with Crippen LogP contribution < -0.4 is 0 Å². The van der Waals surface area contributed by atoms with Gasteiger partial charge in [0.15, 0.2) is 11.7 Å². The summed E-state index contributed by atoms with van der Waals surface area (Å²) < 4.78 is 37.4. The van der Waals surface area contributed by atoms with Gasteiger partial charge < -0.3 is 0 Å². The second-order valence-electron chi connectivity index (χ2n) is 2.29. The summed E-state index contributed by atoms with van der Waals surface area (Å²) in [6.45, 7) is 3.30. The molecule has 0 aromatic carbocycles. The van der Waals surface area contributed by atoms with Crippen molar-refractivity contribution in [2.75, 3.05) is 0 Å². The number of halogens is 3. The van der Waals surface area contributed by atoms with E-state index in [4.69, 9.17) is 0 Å². The van der Waals surface area contributed by atoms with Gasteiger partial charge in [-0.2, -0.15) is 0 Å². The first-order valence-corrected chi connectivity index (χ1v) is 3.20. The number of hydrogen-bond donors (Lipinski definition) is 0. The van der Waals surface area contributed by atoms with Gasteiger partial charge in [0.25, 0.3) is 0 Å². The van der Waals surface area contributed by atoms with E-state index in [9.17, 15) is 13.2 Å². The lowest BCUT2D eigenvalue weighted by Gasteiger charge is -2.12. The van der Waals surface area contributed by atoms with Crippen LogP contribution in [0.4, 0.5) is 13.2 Å². The van der Waals surface area contributed by atoms with Crippen LogP contribution in [0, 0.1) is 5.92 Å². The summed E-state index contributed by atoms with van der Waals surface area (Å²) in [6, 6.07) is 0. The maximum atomic E-state index is 12.6. The molecule has 0 radical (unpaired) electrons. The van der Waals surface area contributed by atoms with Crippen molar-refractivity contribution in [3.63, 3.8) is 0 Å². The zero-order valence-electron chi connectivity index (χ0n) is 5.78. The highest BCUT2D eigenvalue weighted by Gasteiger charge is 2.22. The molecule has 0 saturated heterocycles. The van der Waals surface area contributed by atoms with Crippen molar-refractivity contribution in [3.8, 4) is 0 Å². The minimum absolute atomic E-state index is 0.147. The summed E-state index contributed by atoms with van der Waals surface area (Å²) in [7, 11) is 0. The van der Waals surface area contributed by atoms with Gasteiger partial charge in [0, 0.05) is 5.92 Å². The Morgan fingerprint density at radius 3 is 2.64 bits per heavy atom. The van der Waals surface area contributed by atoms with E-state index in [1.807, 2.05) is 0 Å². The zero-order chi connectivity index (χ0) is 8.43. The molecule has 0 aromatic rings. The van der Waals surface area contributed by atoms with Gasteiger partial charge in [0.2, 0.25) is 0 Å². The lowest BCUT2D eigenvalue weighted by atomic mass is 9.99. The molecule has 60 valence electrons. The number of rotatable bonds is 1. The Hall–Kier alpha value is -0.990. The first kappa shape index (κ1) is 8.11. The Balaban J connectivity index is 2.96. The maximum Gasteiger partial charge on any atom is 0.190 e. The highest BCUT2D eigenvalue weighted by Crippen LogP contribution is 2.32. The van der Waals surface area contributed by atoms with Crippen LogP contribution in [0.3, 0.4) is 0 Å². The zero-order valence-corrected chi connectivity index (χ0v) is 5.78. The van der Waals surface area contributed by atoms with Crippen molar-refractivity contribution >= 4 is 0 Å². The third kappa shape index (κ3) is 1.37. The van der Waals surface area contributed by atoms with Crippen molar-refractivity contribution in [2.24, 2.45) is 5.92 Å². The van der Waals surface area contributed by atoms with E-state index in [0.717, 1.165) is 6.08 Å². The Morgan fingerprint density at radius 1 is 1.45 bits per heavy atom. The molecular weight excluding hydrogens is 153 g/mol. The molecule has 11 heavy (non-hydrogen) atoms. The summed E-state index contributed by atoms with van der Waals surface area (Å²) in [5, 5.41) is 0. The van der Waals surface area contributed by atoms with Gasteiger partial charge >= 0.3 is 0 Å². The van der Waals surface area contributed by atoms with E-state index in [1.165, 1.54) is 6.08 Å².